The van der Waals surface area contributed by atoms with Crippen LogP contribution in [0.2, 0.25) is 0 Å². The predicted octanol–water partition coefficient (Wildman–Crippen LogP) is 3.15. The molecule has 3 rings (SSSR count). The van der Waals surface area contributed by atoms with Crippen molar-refractivity contribution in [2.24, 2.45) is 5.92 Å². The molecule has 0 radical (unpaired) electrons. The molecule has 2 aromatic rings. The molecule has 0 bridgehead atoms. The molecule has 1 aliphatic heterocycles. The Bertz CT molecular complexity index is 1000. The molecule has 0 spiro atoms. The van der Waals surface area contributed by atoms with E-state index in [1.165, 1.54) is 19.2 Å². The molecule has 1 saturated heterocycles. The number of nitrogens with zero attached hydrogens (tertiary/aromatic N) is 1. The number of piperidine rings is 1. The molecule has 1 N–H and O–H groups in total. The van der Waals surface area contributed by atoms with Gasteiger partial charge in [-0.25, -0.2) is 21.6 Å². The van der Waals surface area contributed by atoms with Gasteiger partial charge in [-0.3, -0.25) is 4.79 Å². The van der Waals surface area contributed by atoms with E-state index >= 15 is 0 Å². The van der Waals surface area contributed by atoms with Crippen molar-refractivity contribution < 1.29 is 31.1 Å². The van der Waals surface area contributed by atoms with Gasteiger partial charge in [0.1, 0.15) is 33.8 Å². The number of halogens is 3. The van der Waals surface area contributed by atoms with Gasteiger partial charge in [-0.05, 0) is 43.2 Å². The van der Waals surface area contributed by atoms with Gasteiger partial charge in [0.2, 0.25) is 15.9 Å². The highest BCUT2D eigenvalue weighted by Crippen LogP contribution is 2.31. The summed E-state index contributed by atoms with van der Waals surface area (Å²) in [6, 6.07) is 6.44. The lowest BCUT2D eigenvalue weighted by Crippen LogP contribution is -2.41. The van der Waals surface area contributed by atoms with Crippen molar-refractivity contribution in [3.63, 3.8) is 0 Å². The van der Waals surface area contributed by atoms with Gasteiger partial charge in [-0.2, -0.15) is 4.31 Å². The van der Waals surface area contributed by atoms with E-state index in [4.69, 9.17) is 4.74 Å². The number of methoxy groups -OCH3 is 1. The van der Waals surface area contributed by atoms with Gasteiger partial charge in [0.15, 0.2) is 0 Å². The van der Waals surface area contributed by atoms with Gasteiger partial charge in [-0.1, -0.05) is 6.07 Å². The molecule has 1 heterocycles. The molecule has 0 aromatic heterocycles. The van der Waals surface area contributed by atoms with Crippen LogP contribution in [-0.2, 0) is 14.8 Å². The van der Waals surface area contributed by atoms with Crippen molar-refractivity contribution in [2.75, 3.05) is 25.5 Å². The first-order valence-electron chi connectivity index (χ1n) is 8.82. The second-order valence-electron chi connectivity index (χ2n) is 6.56. The molecular weight excluding hydrogens is 409 g/mol. The van der Waals surface area contributed by atoms with Crippen LogP contribution < -0.4 is 10.1 Å². The second kappa shape index (κ2) is 8.42. The number of benzene rings is 2. The average Bonchev–Trinajstić information content (AvgIpc) is 2.70. The highest BCUT2D eigenvalue weighted by atomic mass is 32.2. The van der Waals surface area contributed by atoms with Crippen molar-refractivity contribution in [1.29, 1.82) is 0 Å². The third-order valence-corrected chi connectivity index (χ3v) is 6.70. The predicted molar refractivity (Wildman–Crippen MR) is 99.4 cm³/mol. The first kappa shape index (κ1) is 21.1. The Balaban J connectivity index is 1.70. The van der Waals surface area contributed by atoms with E-state index in [1.807, 2.05) is 0 Å². The molecular formula is C19H19F3N2O4S. The Labute approximate surface area is 166 Å². The number of nitrogens with one attached hydrogen (secondary N) is 1. The summed E-state index contributed by atoms with van der Waals surface area (Å²) in [7, 11) is -2.75. The van der Waals surface area contributed by atoms with Gasteiger partial charge in [0.25, 0.3) is 0 Å². The number of carbonyl (C=O) groups excluding carboxylic acids is 1. The average molecular weight is 428 g/mol. The fraction of sp³-hybridized carbons (Fsp3) is 0.316. The summed E-state index contributed by atoms with van der Waals surface area (Å²) in [5.74, 6) is -3.69. The molecule has 1 aliphatic rings. The van der Waals surface area contributed by atoms with Crippen LogP contribution in [0.15, 0.2) is 41.3 Å². The third-order valence-electron chi connectivity index (χ3n) is 4.78. The first-order valence-corrected chi connectivity index (χ1v) is 10.3. The van der Waals surface area contributed by atoms with E-state index in [0.29, 0.717) is 0 Å². The van der Waals surface area contributed by atoms with Crippen LogP contribution in [0.25, 0.3) is 0 Å². The maximum absolute atomic E-state index is 13.7. The van der Waals surface area contributed by atoms with E-state index < -0.39 is 45.0 Å². The largest absolute Gasteiger partial charge is 0.495 e. The summed E-state index contributed by atoms with van der Waals surface area (Å²) in [6.45, 7) is -0.000314. The number of ether oxygens (including phenoxy) is 1. The maximum atomic E-state index is 13.7. The molecule has 0 atom stereocenters. The number of amides is 1. The minimum atomic E-state index is -4.03. The molecule has 10 heteroatoms. The molecule has 0 aliphatic carbocycles. The quantitative estimate of drug-likeness (QED) is 0.794. The van der Waals surface area contributed by atoms with E-state index in [1.54, 1.807) is 0 Å². The number of sulfonamides is 1. The van der Waals surface area contributed by atoms with Gasteiger partial charge >= 0.3 is 0 Å². The Morgan fingerprint density at radius 3 is 2.31 bits per heavy atom. The van der Waals surface area contributed by atoms with E-state index in [-0.39, 0.29) is 36.6 Å². The van der Waals surface area contributed by atoms with Gasteiger partial charge in [0.05, 0.1) is 7.11 Å². The molecule has 2 aromatic carbocycles. The molecule has 0 saturated carbocycles. The summed E-state index contributed by atoms with van der Waals surface area (Å²) in [5.41, 5.74) is -0.531. The number of carbonyl (C=O) groups is 1. The molecule has 29 heavy (non-hydrogen) atoms. The van der Waals surface area contributed by atoms with Crippen LogP contribution in [0.3, 0.4) is 0 Å². The lowest BCUT2D eigenvalue weighted by Gasteiger charge is -2.31. The molecule has 0 unspecified atom stereocenters. The normalized spacial score (nSPS) is 15.9. The van der Waals surface area contributed by atoms with Crippen LogP contribution in [-0.4, -0.2) is 38.8 Å². The minimum Gasteiger partial charge on any atom is -0.495 e. The lowest BCUT2D eigenvalue weighted by atomic mass is 9.97. The van der Waals surface area contributed by atoms with Crippen molar-refractivity contribution in [2.45, 2.75) is 17.7 Å². The molecule has 6 nitrogen and oxygen atoms in total. The fourth-order valence-electron chi connectivity index (χ4n) is 3.19. The van der Waals surface area contributed by atoms with E-state index in [2.05, 4.69) is 5.32 Å². The van der Waals surface area contributed by atoms with Crippen molar-refractivity contribution in [3.05, 3.63) is 53.8 Å². The van der Waals surface area contributed by atoms with E-state index in [9.17, 15) is 26.4 Å². The first-order chi connectivity index (χ1) is 13.7. The topological polar surface area (TPSA) is 75.7 Å². The van der Waals surface area contributed by atoms with Gasteiger partial charge in [0, 0.05) is 19.0 Å². The standard InChI is InChI=1S/C19H19F3N2O4S/c1-28-16-6-5-13(20)11-17(16)29(26,27)24-9-7-12(8-10-24)19(25)23-18-14(21)3-2-4-15(18)22/h2-6,11-12H,7-10H2,1H3,(H,23,25). The van der Waals surface area contributed by atoms with Crippen LogP contribution in [0.1, 0.15) is 12.8 Å². The zero-order valence-corrected chi connectivity index (χ0v) is 16.3. The molecule has 1 fully saturated rings. The minimum absolute atomic E-state index is 0.000157. The summed E-state index contributed by atoms with van der Waals surface area (Å²) < 4.78 is 72.8. The smallest absolute Gasteiger partial charge is 0.246 e. The Hall–Kier alpha value is -2.59. The number of hydrogen-bond acceptors (Lipinski definition) is 4. The van der Waals surface area contributed by atoms with E-state index in [0.717, 1.165) is 28.6 Å². The monoisotopic (exact) mass is 428 g/mol. The second-order valence-corrected chi connectivity index (χ2v) is 8.47. The number of anilines is 1. The Morgan fingerprint density at radius 2 is 1.72 bits per heavy atom. The summed E-state index contributed by atoms with van der Waals surface area (Å²) in [6.07, 6.45) is 0.303. The summed E-state index contributed by atoms with van der Waals surface area (Å²) >= 11 is 0. The molecule has 1 amide bonds. The lowest BCUT2D eigenvalue weighted by molar-refractivity contribution is -0.121. The number of hydrogen-bond donors (Lipinski definition) is 1. The summed E-state index contributed by atoms with van der Waals surface area (Å²) in [5, 5.41) is 2.23. The van der Waals surface area contributed by atoms with Crippen molar-refractivity contribution in [1.82, 2.24) is 4.31 Å². The maximum Gasteiger partial charge on any atom is 0.246 e. The fourth-order valence-corrected chi connectivity index (χ4v) is 4.83. The highest BCUT2D eigenvalue weighted by molar-refractivity contribution is 7.89. The molecule has 156 valence electrons. The highest BCUT2D eigenvalue weighted by Gasteiger charge is 2.34. The number of para-hydroxylation sites is 1. The SMILES string of the molecule is COc1ccc(F)cc1S(=O)(=O)N1CCC(C(=O)Nc2c(F)cccc2F)CC1. The van der Waals surface area contributed by atoms with Gasteiger partial charge in [-0.15, -0.1) is 0 Å². The van der Waals surface area contributed by atoms with Crippen molar-refractivity contribution in [3.8, 4) is 5.75 Å². The zero-order valence-electron chi connectivity index (χ0n) is 15.5. The Kier molecular flexibility index (Phi) is 6.13. The van der Waals surface area contributed by atoms with Crippen molar-refractivity contribution >= 4 is 21.6 Å². The Morgan fingerprint density at radius 1 is 1.10 bits per heavy atom. The van der Waals surface area contributed by atoms with Crippen LogP contribution in [0.4, 0.5) is 18.9 Å². The van der Waals surface area contributed by atoms with Crippen LogP contribution in [0.5, 0.6) is 5.75 Å². The zero-order chi connectivity index (χ0) is 21.2. The third kappa shape index (κ3) is 4.38. The van der Waals surface area contributed by atoms with Gasteiger partial charge < -0.3 is 10.1 Å². The number of rotatable bonds is 5. The van der Waals surface area contributed by atoms with Crippen LogP contribution >= 0.6 is 0 Å². The summed E-state index contributed by atoms with van der Waals surface area (Å²) in [4.78, 5) is 12.1. The van der Waals surface area contributed by atoms with Crippen LogP contribution in [0, 0.1) is 23.4 Å².